The van der Waals surface area contributed by atoms with Crippen molar-refractivity contribution in [1.82, 2.24) is 4.72 Å². The standard InChI is InChI=1S/C7H16N2O2S/c1-3-11-7(10)6(8)4-5-9-12-2/h6,9H,3-5,8H2,1-2H3/t6-/m1/s1. The van der Waals surface area contributed by atoms with Gasteiger partial charge in [0.15, 0.2) is 0 Å². The number of hydrogen-bond donors (Lipinski definition) is 2. The van der Waals surface area contributed by atoms with E-state index in [1.807, 2.05) is 6.26 Å². The highest BCUT2D eigenvalue weighted by Crippen LogP contribution is 1.92. The molecule has 0 saturated carbocycles. The van der Waals surface area contributed by atoms with Crippen LogP contribution in [-0.2, 0) is 9.53 Å². The molecule has 0 rings (SSSR count). The molecule has 0 aromatic carbocycles. The van der Waals surface area contributed by atoms with Gasteiger partial charge in [-0.25, -0.2) is 0 Å². The van der Waals surface area contributed by atoms with Crippen molar-refractivity contribution in [2.45, 2.75) is 19.4 Å². The van der Waals surface area contributed by atoms with Gasteiger partial charge in [-0.2, -0.15) is 0 Å². The topological polar surface area (TPSA) is 64.3 Å². The van der Waals surface area contributed by atoms with Gasteiger partial charge < -0.3 is 10.5 Å². The van der Waals surface area contributed by atoms with Crippen molar-refractivity contribution < 1.29 is 9.53 Å². The Balaban J connectivity index is 3.42. The Bertz CT molecular complexity index is 133. The van der Waals surface area contributed by atoms with Gasteiger partial charge >= 0.3 is 5.97 Å². The smallest absolute Gasteiger partial charge is 0.322 e. The molecule has 0 aromatic rings. The number of esters is 1. The Kier molecular flexibility index (Phi) is 7.23. The Morgan fingerprint density at radius 1 is 1.75 bits per heavy atom. The molecule has 0 aliphatic rings. The zero-order chi connectivity index (χ0) is 9.40. The molecule has 5 heteroatoms. The number of ether oxygens (including phenoxy) is 1. The van der Waals surface area contributed by atoms with E-state index in [1.54, 1.807) is 6.92 Å². The Hall–Kier alpha value is -0.260. The zero-order valence-corrected chi connectivity index (χ0v) is 8.32. The quantitative estimate of drug-likeness (QED) is 0.356. The molecule has 72 valence electrons. The number of nitrogens with two attached hydrogens (primary N) is 1. The van der Waals surface area contributed by atoms with Crippen LogP contribution in [0.5, 0.6) is 0 Å². The maximum atomic E-state index is 11.0. The number of nitrogens with one attached hydrogen (secondary N) is 1. The average molecular weight is 192 g/mol. The van der Waals surface area contributed by atoms with Crippen LogP contribution in [0.15, 0.2) is 0 Å². The third-order valence-electron chi connectivity index (χ3n) is 1.29. The zero-order valence-electron chi connectivity index (χ0n) is 7.50. The first kappa shape index (κ1) is 11.7. The van der Waals surface area contributed by atoms with Crippen molar-refractivity contribution in [3.05, 3.63) is 0 Å². The van der Waals surface area contributed by atoms with Gasteiger partial charge in [-0.05, 0) is 19.6 Å². The first-order chi connectivity index (χ1) is 5.72. The lowest BCUT2D eigenvalue weighted by molar-refractivity contribution is -0.144. The lowest BCUT2D eigenvalue weighted by Gasteiger charge is -2.09. The van der Waals surface area contributed by atoms with Crippen molar-refractivity contribution in [1.29, 1.82) is 0 Å². The molecule has 0 saturated heterocycles. The van der Waals surface area contributed by atoms with E-state index in [0.29, 0.717) is 13.0 Å². The van der Waals surface area contributed by atoms with Crippen LogP contribution in [0.2, 0.25) is 0 Å². The second kappa shape index (κ2) is 7.39. The maximum absolute atomic E-state index is 11.0. The summed E-state index contributed by atoms with van der Waals surface area (Å²) in [6.45, 7) is 2.88. The molecule has 4 nitrogen and oxygen atoms in total. The Morgan fingerprint density at radius 2 is 2.42 bits per heavy atom. The average Bonchev–Trinajstić information content (AvgIpc) is 2.05. The second-order valence-corrected chi connectivity index (χ2v) is 2.94. The number of carbonyl (C=O) groups is 1. The van der Waals surface area contributed by atoms with E-state index in [9.17, 15) is 4.79 Å². The largest absolute Gasteiger partial charge is 0.465 e. The molecule has 0 aliphatic carbocycles. The molecule has 3 N–H and O–H groups in total. The molecule has 0 radical (unpaired) electrons. The number of rotatable bonds is 6. The first-order valence-corrected chi connectivity index (χ1v) is 5.12. The summed E-state index contributed by atoms with van der Waals surface area (Å²) in [6, 6.07) is -0.496. The van der Waals surface area contributed by atoms with Crippen LogP contribution in [0.4, 0.5) is 0 Å². The van der Waals surface area contributed by atoms with Gasteiger partial charge in [0.25, 0.3) is 0 Å². The van der Waals surface area contributed by atoms with Crippen LogP contribution in [0.1, 0.15) is 13.3 Å². The molecule has 1 atom stereocenters. The molecule has 0 bridgehead atoms. The molecule has 0 heterocycles. The monoisotopic (exact) mass is 192 g/mol. The summed E-state index contributed by atoms with van der Waals surface area (Å²) < 4.78 is 7.74. The van der Waals surface area contributed by atoms with E-state index in [1.165, 1.54) is 11.9 Å². The van der Waals surface area contributed by atoms with Gasteiger partial charge in [0.1, 0.15) is 6.04 Å². The van der Waals surface area contributed by atoms with E-state index in [0.717, 1.165) is 6.54 Å². The fraction of sp³-hybridized carbons (Fsp3) is 0.857. The van der Waals surface area contributed by atoms with Crippen LogP contribution in [0.3, 0.4) is 0 Å². The highest BCUT2D eigenvalue weighted by molar-refractivity contribution is 7.96. The molecule has 0 fully saturated rings. The number of hydrogen-bond acceptors (Lipinski definition) is 5. The highest BCUT2D eigenvalue weighted by atomic mass is 32.2. The van der Waals surface area contributed by atoms with Gasteiger partial charge in [-0.15, -0.1) is 0 Å². The van der Waals surface area contributed by atoms with Gasteiger partial charge in [-0.1, -0.05) is 11.9 Å². The van der Waals surface area contributed by atoms with Crippen LogP contribution < -0.4 is 10.5 Å². The predicted molar refractivity (Wildman–Crippen MR) is 50.7 cm³/mol. The van der Waals surface area contributed by atoms with Gasteiger partial charge in [0.2, 0.25) is 0 Å². The SMILES string of the molecule is CCOC(=O)[C@H](N)CCNSC. The minimum atomic E-state index is -0.496. The van der Waals surface area contributed by atoms with Crippen LogP contribution in [-0.4, -0.2) is 31.4 Å². The normalized spacial score (nSPS) is 12.6. The Morgan fingerprint density at radius 3 is 2.92 bits per heavy atom. The van der Waals surface area contributed by atoms with E-state index in [4.69, 9.17) is 10.5 Å². The molecule has 0 amide bonds. The third-order valence-corrected chi connectivity index (χ3v) is 1.78. The minimum absolute atomic E-state index is 0.319. The van der Waals surface area contributed by atoms with Crippen molar-refractivity contribution in [3.8, 4) is 0 Å². The summed E-state index contributed by atoms with van der Waals surface area (Å²) in [5, 5.41) is 0. The fourth-order valence-corrected chi connectivity index (χ4v) is 1.01. The summed E-state index contributed by atoms with van der Waals surface area (Å²) in [7, 11) is 0. The molecule has 0 spiro atoms. The van der Waals surface area contributed by atoms with E-state index < -0.39 is 6.04 Å². The molecule has 0 aromatic heterocycles. The van der Waals surface area contributed by atoms with Crippen molar-refractivity contribution in [2.75, 3.05) is 19.4 Å². The number of carbonyl (C=O) groups excluding carboxylic acids is 1. The molecule has 12 heavy (non-hydrogen) atoms. The lowest BCUT2D eigenvalue weighted by Crippen LogP contribution is -2.34. The predicted octanol–water partition coefficient (Wildman–Crippen LogP) is 0.134. The summed E-state index contributed by atoms with van der Waals surface area (Å²) in [4.78, 5) is 11.0. The lowest BCUT2D eigenvalue weighted by atomic mass is 10.2. The van der Waals surface area contributed by atoms with Crippen molar-refractivity contribution >= 4 is 17.9 Å². The van der Waals surface area contributed by atoms with Crippen molar-refractivity contribution in [3.63, 3.8) is 0 Å². The summed E-state index contributed by atoms with van der Waals surface area (Å²) in [5.74, 6) is -0.319. The Labute approximate surface area is 77.4 Å². The van der Waals surface area contributed by atoms with E-state index >= 15 is 0 Å². The van der Waals surface area contributed by atoms with Crippen molar-refractivity contribution in [2.24, 2.45) is 5.73 Å². The molecular weight excluding hydrogens is 176 g/mol. The second-order valence-electron chi connectivity index (χ2n) is 2.25. The minimum Gasteiger partial charge on any atom is -0.465 e. The fourth-order valence-electron chi connectivity index (χ4n) is 0.684. The van der Waals surface area contributed by atoms with E-state index in [-0.39, 0.29) is 5.97 Å². The van der Waals surface area contributed by atoms with Gasteiger partial charge in [-0.3, -0.25) is 9.52 Å². The van der Waals surface area contributed by atoms with E-state index in [2.05, 4.69) is 4.72 Å². The maximum Gasteiger partial charge on any atom is 0.322 e. The summed E-state index contributed by atoms with van der Waals surface area (Å²) in [6.07, 6.45) is 2.54. The first-order valence-electron chi connectivity index (χ1n) is 3.90. The summed E-state index contributed by atoms with van der Waals surface area (Å²) >= 11 is 1.51. The molecule has 0 unspecified atom stereocenters. The van der Waals surface area contributed by atoms with Crippen LogP contribution in [0.25, 0.3) is 0 Å². The van der Waals surface area contributed by atoms with Gasteiger partial charge in [0.05, 0.1) is 6.61 Å². The van der Waals surface area contributed by atoms with Crippen LogP contribution >= 0.6 is 11.9 Å². The molecular formula is C7H16N2O2S. The summed E-state index contributed by atoms with van der Waals surface area (Å²) in [5.41, 5.74) is 5.52. The third kappa shape index (κ3) is 5.40. The molecule has 0 aliphatic heterocycles. The highest BCUT2D eigenvalue weighted by Gasteiger charge is 2.12. The van der Waals surface area contributed by atoms with Crippen LogP contribution in [0, 0.1) is 0 Å². The van der Waals surface area contributed by atoms with Gasteiger partial charge in [0, 0.05) is 6.54 Å².